The van der Waals surface area contributed by atoms with Crippen LogP contribution in [-0.2, 0) is 29.1 Å². The Labute approximate surface area is 239 Å². The highest BCUT2D eigenvalue weighted by atomic mass is 35.5. The maximum atomic E-state index is 13.3. The Morgan fingerprint density at radius 2 is 1.44 bits per heavy atom. The van der Waals surface area contributed by atoms with Gasteiger partial charge in [-0.2, -0.15) is 26.3 Å². The van der Waals surface area contributed by atoms with Crippen molar-refractivity contribution in [1.82, 2.24) is 4.90 Å². The number of ether oxygens (including phenoxy) is 2. The number of rotatable bonds is 10. The summed E-state index contributed by atoms with van der Waals surface area (Å²) in [6, 6.07) is 17.8. The van der Waals surface area contributed by atoms with Crippen molar-refractivity contribution in [3.8, 4) is 5.75 Å². The number of nitrogens with zero attached hydrogens (tertiary/aromatic N) is 1. The van der Waals surface area contributed by atoms with Crippen molar-refractivity contribution < 1.29 is 40.9 Å². The van der Waals surface area contributed by atoms with Crippen LogP contribution in [-0.4, -0.2) is 49.0 Å². The smallest absolute Gasteiger partial charge is 0.416 e. The molecule has 0 aromatic heterocycles. The van der Waals surface area contributed by atoms with Crippen molar-refractivity contribution >= 4 is 11.6 Å². The number of β-amino-alcohol motifs (C(OH)–C–C–N with tert-alkyl or cyclic N) is 1. The standard InChI is InChI=1S/C30H30ClF6NO3/c31-25-6-8-27(9-7-25)41-19-26(39)17-38-12-10-28(11-13-38,22-4-2-1-3-5-22)20-40-18-21-14-23(29(32,33)34)16-24(15-21)30(35,36)37/h1-9,14-16,26,39H,10-13,17-20H2. The summed E-state index contributed by atoms with van der Waals surface area (Å²) in [5.74, 6) is 0.593. The molecule has 0 saturated carbocycles. The highest BCUT2D eigenvalue weighted by Crippen LogP contribution is 2.38. The largest absolute Gasteiger partial charge is 0.491 e. The molecule has 0 bridgehead atoms. The third kappa shape index (κ3) is 8.61. The van der Waals surface area contributed by atoms with Gasteiger partial charge in [0.05, 0.1) is 24.3 Å². The van der Waals surface area contributed by atoms with E-state index in [1.54, 1.807) is 24.3 Å². The predicted octanol–water partition coefficient (Wildman–Crippen LogP) is 7.37. The lowest BCUT2D eigenvalue weighted by Gasteiger charge is -2.42. The number of hydrogen-bond donors (Lipinski definition) is 1. The number of aliphatic hydroxyl groups is 1. The first-order valence-electron chi connectivity index (χ1n) is 13.0. The van der Waals surface area contributed by atoms with Crippen molar-refractivity contribution in [2.24, 2.45) is 0 Å². The molecule has 0 radical (unpaired) electrons. The van der Waals surface area contributed by atoms with E-state index < -0.39 is 41.6 Å². The molecule has 11 heteroatoms. The van der Waals surface area contributed by atoms with Crippen LogP contribution in [0, 0.1) is 0 Å². The second-order valence-corrected chi connectivity index (χ2v) is 10.7. The van der Waals surface area contributed by atoms with Crippen molar-refractivity contribution in [2.75, 3.05) is 32.8 Å². The topological polar surface area (TPSA) is 41.9 Å². The minimum atomic E-state index is -4.92. The van der Waals surface area contributed by atoms with Gasteiger partial charge in [-0.25, -0.2) is 0 Å². The summed E-state index contributed by atoms with van der Waals surface area (Å²) in [7, 11) is 0. The molecule has 1 heterocycles. The van der Waals surface area contributed by atoms with Gasteiger partial charge in [0.15, 0.2) is 0 Å². The third-order valence-electron chi connectivity index (χ3n) is 7.22. The van der Waals surface area contributed by atoms with Gasteiger partial charge in [0.25, 0.3) is 0 Å². The van der Waals surface area contributed by atoms with Gasteiger partial charge < -0.3 is 19.5 Å². The molecule has 0 amide bonds. The molecule has 222 valence electrons. The Kier molecular flexibility index (Phi) is 9.89. The molecule has 1 aliphatic heterocycles. The van der Waals surface area contributed by atoms with Crippen molar-refractivity contribution in [3.63, 3.8) is 0 Å². The van der Waals surface area contributed by atoms with Crippen molar-refractivity contribution in [1.29, 1.82) is 0 Å². The first kappa shape index (κ1) is 31.2. The predicted molar refractivity (Wildman–Crippen MR) is 143 cm³/mol. The van der Waals surface area contributed by atoms with E-state index in [9.17, 15) is 31.4 Å². The lowest BCUT2D eigenvalue weighted by molar-refractivity contribution is -0.143. The van der Waals surface area contributed by atoms with Crippen LogP contribution < -0.4 is 4.74 Å². The summed E-state index contributed by atoms with van der Waals surface area (Å²) in [6.07, 6.45) is -9.33. The number of halogens is 7. The van der Waals surface area contributed by atoms with Gasteiger partial charge in [-0.3, -0.25) is 0 Å². The molecule has 4 nitrogen and oxygen atoms in total. The maximum Gasteiger partial charge on any atom is 0.416 e. The average molecular weight is 602 g/mol. The van der Waals surface area contributed by atoms with Gasteiger partial charge in [0.2, 0.25) is 0 Å². The molecule has 1 aliphatic rings. The third-order valence-corrected chi connectivity index (χ3v) is 7.47. The molecular weight excluding hydrogens is 572 g/mol. The second kappa shape index (κ2) is 13.0. The van der Waals surface area contributed by atoms with E-state index in [2.05, 4.69) is 4.90 Å². The molecule has 3 aromatic rings. The molecule has 3 aromatic carbocycles. The van der Waals surface area contributed by atoms with E-state index in [4.69, 9.17) is 21.1 Å². The van der Waals surface area contributed by atoms with Crippen molar-refractivity contribution in [2.45, 2.75) is 43.3 Å². The normalized spacial score (nSPS) is 16.9. The van der Waals surface area contributed by atoms with Gasteiger partial charge in [-0.1, -0.05) is 41.9 Å². The number of aliphatic hydroxyl groups excluding tert-OH is 1. The molecule has 1 saturated heterocycles. The fourth-order valence-corrected chi connectivity index (χ4v) is 5.14. The van der Waals surface area contributed by atoms with Crippen LogP contribution in [0.5, 0.6) is 5.75 Å². The molecule has 1 fully saturated rings. The van der Waals surface area contributed by atoms with Gasteiger partial charge in [0.1, 0.15) is 18.5 Å². The first-order valence-corrected chi connectivity index (χ1v) is 13.4. The molecule has 4 rings (SSSR count). The van der Waals surface area contributed by atoms with Crippen LogP contribution in [0.2, 0.25) is 5.02 Å². The number of likely N-dealkylation sites (tertiary alicyclic amines) is 1. The van der Waals surface area contributed by atoms with Crippen LogP contribution in [0.4, 0.5) is 26.3 Å². The van der Waals surface area contributed by atoms with Gasteiger partial charge in [-0.05, 0) is 79.5 Å². The lowest BCUT2D eigenvalue weighted by atomic mass is 9.73. The van der Waals surface area contributed by atoms with Crippen LogP contribution >= 0.6 is 11.6 Å². The average Bonchev–Trinajstić information content (AvgIpc) is 2.93. The summed E-state index contributed by atoms with van der Waals surface area (Å²) >= 11 is 5.88. The summed E-state index contributed by atoms with van der Waals surface area (Å²) in [4.78, 5) is 2.10. The Hall–Kier alpha value is -2.79. The van der Waals surface area contributed by atoms with Crippen LogP contribution in [0.25, 0.3) is 0 Å². The van der Waals surface area contributed by atoms with Gasteiger partial charge in [0, 0.05) is 17.0 Å². The number of hydrogen-bond acceptors (Lipinski definition) is 4. The van der Waals surface area contributed by atoms with E-state index in [-0.39, 0.29) is 24.8 Å². The Balaban J connectivity index is 1.39. The van der Waals surface area contributed by atoms with Crippen LogP contribution in [0.1, 0.15) is 35.1 Å². The van der Waals surface area contributed by atoms with E-state index in [0.717, 1.165) is 5.56 Å². The fourth-order valence-electron chi connectivity index (χ4n) is 5.01. The number of piperidine rings is 1. The molecule has 1 N–H and O–H groups in total. The quantitative estimate of drug-likeness (QED) is 0.247. The summed E-state index contributed by atoms with van der Waals surface area (Å²) < 4.78 is 91.1. The zero-order valence-corrected chi connectivity index (χ0v) is 22.8. The zero-order chi connectivity index (χ0) is 29.7. The minimum absolute atomic E-state index is 0.0992. The van der Waals surface area contributed by atoms with E-state index in [1.807, 2.05) is 30.3 Å². The Morgan fingerprint density at radius 3 is 2.00 bits per heavy atom. The monoisotopic (exact) mass is 601 g/mol. The Morgan fingerprint density at radius 1 is 0.854 bits per heavy atom. The molecule has 0 aliphatic carbocycles. The van der Waals surface area contributed by atoms with Gasteiger partial charge in [-0.15, -0.1) is 0 Å². The SMILES string of the molecule is OC(COc1ccc(Cl)cc1)CN1CCC(COCc2cc(C(F)(F)F)cc(C(F)(F)F)c2)(c2ccccc2)CC1. The second-order valence-electron chi connectivity index (χ2n) is 10.3. The molecule has 1 atom stereocenters. The van der Waals surface area contributed by atoms with E-state index in [1.165, 1.54) is 0 Å². The van der Waals surface area contributed by atoms with Crippen LogP contribution in [0.15, 0.2) is 72.8 Å². The first-order chi connectivity index (χ1) is 19.3. The Bertz CT molecular complexity index is 1230. The highest BCUT2D eigenvalue weighted by Gasteiger charge is 2.38. The number of alkyl halides is 6. The summed E-state index contributed by atoms with van der Waals surface area (Å²) in [5, 5.41) is 11.1. The molecular formula is C30H30ClF6NO3. The van der Waals surface area contributed by atoms with E-state index in [0.29, 0.717) is 55.4 Å². The fraction of sp³-hybridized carbons (Fsp3) is 0.400. The lowest BCUT2D eigenvalue weighted by Crippen LogP contribution is -2.47. The van der Waals surface area contributed by atoms with Crippen LogP contribution in [0.3, 0.4) is 0 Å². The maximum absolute atomic E-state index is 13.3. The molecule has 1 unspecified atom stereocenters. The summed E-state index contributed by atoms with van der Waals surface area (Å²) in [6.45, 7) is 1.42. The zero-order valence-electron chi connectivity index (χ0n) is 22.0. The number of benzene rings is 3. The minimum Gasteiger partial charge on any atom is -0.491 e. The van der Waals surface area contributed by atoms with Crippen molar-refractivity contribution in [3.05, 3.63) is 100 Å². The van der Waals surface area contributed by atoms with E-state index >= 15 is 0 Å². The molecule has 0 spiro atoms. The summed E-state index contributed by atoms with van der Waals surface area (Å²) in [5.41, 5.74) is -2.44. The highest BCUT2D eigenvalue weighted by molar-refractivity contribution is 6.30. The van der Waals surface area contributed by atoms with Gasteiger partial charge >= 0.3 is 12.4 Å². The molecule has 41 heavy (non-hydrogen) atoms.